The Kier molecular flexibility index (Phi) is 4.20. The van der Waals surface area contributed by atoms with Gasteiger partial charge in [0.2, 0.25) is 0 Å². The molecule has 0 amide bonds. The lowest BCUT2D eigenvalue weighted by atomic mass is 9.81. The van der Waals surface area contributed by atoms with E-state index in [1.54, 1.807) is 6.26 Å². The van der Waals surface area contributed by atoms with E-state index in [1.165, 1.54) is 0 Å². The van der Waals surface area contributed by atoms with Gasteiger partial charge < -0.3 is 19.6 Å². The molecule has 1 aromatic heterocycles. The van der Waals surface area contributed by atoms with Crippen molar-refractivity contribution < 1.29 is 14.3 Å². The molecule has 1 fully saturated rings. The fourth-order valence-corrected chi connectivity index (χ4v) is 2.20. The molecule has 2 rings (SSSR count). The van der Waals surface area contributed by atoms with Gasteiger partial charge in [-0.05, 0) is 31.9 Å². The lowest BCUT2D eigenvalue weighted by Crippen LogP contribution is -2.42. The summed E-state index contributed by atoms with van der Waals surface area (Å²) in [6, 6.07) is 4.04. The van der Waals surface area contributed by atoms with Crippen LogP contribution in [0.25, 0.3) is 0 Å². The monoisotopic (exact) mass is 239 g/mol. The molecule has 0 saturated carbocycles. The maximum Gasteiger partial charge on any atom is 0.120 e. The summed E-state index contributed by atoms with van der Waals surface area (Å²) in [4.78, 5) is 0. The van der Waals surface area contributed by atoms with E-state index in [0.29, 0.717) is 0 Å². The van der Waals surface area contributed by atoms with E-state index in [1.807, 2.05) is 12.1 Å². The van der Waals surface area contributed by atoms with Gasteiger partial charge in [-0.15, -0.1) is 0 Å². The molecule has 1 aromatic rings. The third-order valence-corrected chi connectivity index (χ3v) is 3.64. The molecule has 1 unspecified atom stereocenters. The molecule has 4 nitrogen and oxygen atoms in total. The third-order valence-electron chi connectivity index (χ3n) is 3.64. The van der Waals surface area contributed by atoms with Crippen molar-refractivity contribution in [3.8, 4) is 0 Å². The number of aliphatic hydroxyl groups is 1. The molecule has 2 N–H and O–H groups in total. The van der Waals surface area contributed by atoms with Crippen LogP contribution >= 0.6 is 0 Å². The number of furan rings is 1. The highest BCUT2D eigenvalue weighted by molar-refractivity contribution is 5.03. The minimum atomic E-state index is -0.0287. The van der Waals surface area contributed by atoms with Crippen LogP contribution in [-0.2, 0) is 4.74 Å². The molecule has 0 spiro atoms. The molecule has 1 aliphatic rings. The normalized spacial score (nSPS) is 21.3. The molecule has 1 aliphatic heterocycles. The van der Waals surface area contributed by atoms with Crippen LogP contribution < -0.4 is 5.32 Å². The van der Waals surface area contributed by atoms with Crippen LogP contribution in [0.15, 0.2) is 22.8 Å². The van der Waals surface area contributed by atoms with E-state index < -0.39 is 0 Å². The van der Waals surface area contributed by atoms with Gasteiger partial charge in [-0.1, -0.05) is 0 Å². The molecular formula is C13H21NO3. The molecule has 1 atom stereocenters. The summed E-state index contributed by atoms with van der Waals surface area (Å²) in [6.45, 7) is 4.58. The first-order valence-electron chi connectivity index (χ1n) is 6.21. The predicted octanol–water partition coefficient (Wildman–Crippen LogP) is 1.72. The fraction of sp³-hybridized carbons (Fsp3) is 0.692. The summed E-state index contributed by atoms with van der Waals surface area (Å²) in [5, 5.41) is 13.0. The van der Waals surface area contributed by atoms with Crippen molar-refractivity contribution in [2.24, 2.45) is 5.41 Å². The van der Waals surface area contributed by atoms with Crippen molar-refractivity contribution in [1.29, 1.82) is 0 Å². The first kappa shape index (κ1) is 12.6. The molecule has 4 heteroatoms. The molecule has 0 bridgehead atoms. The van der Waals surface area contributed by atoms with Crippen molar-refractivity contribution in [2.45, 2.75) is 25.8 Å². The average molecular weight is 239 g/mol. The van der Waals surface area contributed by atoms with Crippen molar-refractivity contribution in [2.75, 3.05) is 26.4 Å². The summed E-state index contributed by atoms with van der Waals surface area (Å²) in [6.07, 6.45) is 3.52. The van der Waals surface area contributed by atoms with Crippen LogP contribution in [0.1, 0.15) is 31.6 Å². The van der Waals surface area contributed by atoms with Gasteiger partial charge in [-0.25, -0.2) is 0 Å². The quantitative estimate of drug-likeness (QED) is 0.821. The fourth-order valence-electron chi connectivity index (χ4n) is 2.20. The minimum absolute atomic E-state index is 0.0287. The maximum atomic E-state index is 9.57. The van der Waals surface area contributed by atoms with Gasteiger partial charge in [0.1, 0.15) is 5.76 Å². The van der Waals surface area contributed by atoms with E-state index in [9.17, 15) is 5.11 Å². The van der Waals surface area contributed by atoms with Gasteiger partial charge in [0, 0.05) is 25.2 Å². The summed E-state index contributed by atoms with van der Waals surface area (Å²) in [7, 11) is 0. The van der Waals surface area contributed by atoms with Crippen molar-refractivity contribution in [3.63, 3.8) is 0 Å². The predicted molar refractivity (Wildman–Crippen MR) is 64.7 cm³/mol. The van der Waals surface area contributed by atoms with Gasteiger partial charge >= 0.3 is 0 Å². The molecule has 17 heavy (non-hydrogen) atoms. The van der Waals surface area contributed by atoms with Crippen LogP contribution in [0.4, 0.5) is 0 Å². The highest BCUT2D eigenvalue weighted by Crippen LogP contribution is 2.29. The first-order chi connectivity index (χ1) is 8.26. The zero-order valence-electron chi connectivity index (χ0n) is 10.3. The standard InChI is InChI=1S/C13H21NO3/c1-11(12-3-2-6-17-12)14-9-13(10-15)4-7-16-8-5-13/h2-3,6,11,14-15H,4-5,7-10H2,1H3. The van der Waals surface area contributed by atoms with E-state index in [4.69, 9.17) is 9.15 Å². The SMILES string of the molecule is CC(NCC1(CO)CCOCC1)c1ccco1. The van der Waals surface area contributed by atoms with Gasteiger partial charge in [-0.3, -0.25) is 0 Å². The van der Waals surface area contributed by atoms with E-state index in [2.05, 4.69) is 12.2 Å². The lowest BCUT2D eigenvalue weighted by molar-refractivity contribution is -0.0165. The van der Waals surface area contributed by atoms with Crippen LogP contribution in [-0.4, -0.2) is 31.5 Å². The molecular weight excluding hydrogens is 218 g/mol. The van der Waals surface area contributed by atoms with Crippen molar-refractivity contribution in [3.05, 3.63) is 24.2 Å². The van der Waals surface area contributed by atoms with E-state index in [0.717, 1.165) is 38.4 Å². The Balaban J connectivity index is 1.87. The Morgan fingerprint density at radius 1 is 1.47 bits per heavy atom. The Hall–Kier alpha value is -0.840. The second-order valence-corrected chi connectivity index (χ2v) is 4.89. The molecule has 2 heterocycles. The summed E-state index contributed by atoms with van der Waals surface area (Å²) < 4.78 is 10.7. The molecule has 0 aliphatic carbocycles. The van der Waals surface area contributed by atoms with Crippen molar-refractivity contribution >= 4 is 0 Å². The lowest BCUT2D eigenvalue weighted by Gasteiger charge is -2.36. The Bertz CT molecular complexity index is 317. The summed E-state index contributed by atoms with van der Waals surface area (Å²) in [5.74, 6) is 0.935. The van der Waals surface area contributed by atoms with Gasteiger partial charge in [0.05, 0.1) is 18.9 Å². The van der Waals surface area contributed by atoms with Gasteiger partial charge in [0.25, 0.3) is 0 Å². The van der Waals surface area contributed by atoms with Crippen LogP contribution in [0.5, 0.6) is 0 Å². The maximum absolute atomic E-state index is 9.57. The van der Waals surface area contributed by atoms with Crippen LogP contribution in [0, 0.1) is 5.41 Å². The Morgan fingerprint density at radius 2 is 2.24 bits per heavy atom. The second kappa shape index (κ2) is 5.67. The number of hydrogen-bond acceptors (Lipinski definition) is 4. The molecule has 0 aromatic carbocycles. The molecule has 0 radical (unpaired) electrons. The molecule has 1 saturated heterocycles. The second-order valence-electron chi connectivity index (χ2n) is 4.89. The van der Waals surface area contributed by atoms with E-state index >= 15 is 0 Å². The Labute approximate surface area is 102 Å². The van der Waals surface area contributed by atoms with Crippen molar-refractivity contribution in [1.82, 2.24) is 5.32 Å². The Morgan fingerprint density at radius 3 is 2.82 bits per heavy atom. The molecule has 96 valence electrons. The number of ether oxygens (including phenoxy) is 1. The first-order valence-corrected chi connectivity index (χ1v) is 6.21. The van der Waals surface area contributed by atoms with Gasteiger partial charge in [0.15, 0.2) is 0 Å². The number of rotatable bonds is 5. The number of nitrogens with one attached hydrogen (secondary N) is 1. The number of hydrogen-bond donors (Lipinski definition) is 2. The summed E-state index contributed by atoms with van der Waals surface area (Å²) >= 11 is 0. The topological polar surface area (TPSA) is 54.6 Å². The highest BCUT2D eigenvalue weighted by atomic mass is 16.5. The highest BCUT2D eigenvalue weighted by Gasteiger charge is 2.32. The smallest absolute Gasteiger partial charge is 0.120 e. The largest absolute Gasteiger partial charge is 0.468 e. The zero-order chi connectivity index (χ0) is 12.1. The third kappa shape index (κ3) is 3.09. The zero-order valence-corrected chi connectivity index (χ0v) is 10.3. The van der Waals surface area contributed by atoms with Gasteiger partial charge in [-0.2, -0.15) is 0 Å². The minimum Gasteiger partial charge on any atom is -0.468 e. The van der Waals surface area contributed by atoms with Crippen LogP contribution in [0.3, 0.4) is 0 Å². The number of aliphatic hydroxyl groups excluding tert-OH is 1. The van der Waals surface area contributed by atoms with E-state index in [-0.39, 0.29) is 18.1 Å². The summed E-state index contributed by atoms with van der Waals surface area (Å²) in [5.41, 5.74) is -0.0287. The average Bonchev–Trinajstić information content (AvgIpc) is 2.91. The van der Waals surface area contributed by atoms with Crippen LogP contribution in [0.2, 0.25) is 0 Å².